The Bertz CT molecular complexity index is 3480. The number of nitrogens with zero attached hydrogens (tertiary/aromatic N) is 2. The first-order valence-corrected chi connectivity index (χ1v) is 21.4. The van der Waals surface area contributed by atoms with Crippen LogP contribution in [0.3, 0.4) is 0 Å². The molecule has 0 saturated heterocycles. The third-order valence-electron chi connectivity index (χ3n) is 13.1. The number of hydrogen-bond donors (Lipinski definition) is 1. The number of nitrogens with one attached hydrogen (secondary N) is 1. The fraction of sp³-hybridized carbons (Fsp3) is 0.0345. The van der Waals surface area contributed by atoms with E-state index in [2.05, 4.69) is 187 Å². The third-order valence-corrected chi connectivity index (χ3v) is 13.1. The second-order valence-corrected chi connectivity index (χ2v) is 16.4. The van der Waals surface area contributed by atoms with E-state index < -0.39 is 11.6 Å². The van der Waals surface area contributed by atoms with Crippen molar-refractivity contribution < 1.29 is 9.15 Å². The average Bonchev–Trinajstić information content (AvgIpc) is 3.88. The lowest BCUT2D eigenvalue weighted by atomic mass is 9.66. The van der Waals surface area contributed by atoms with Gasteiger partial charge in [0.15, 0.2) is 6.17 Å². The highest BCUT2D eigenvalue weighted by molar-refractivity contribution is 6.16. The van der Waals surface area contributed by atoms with E-state index in [1.165, 1.54) is 22.3 Å². The summed E-state index contributed by atoms with van der Waals surface area (Å²) in [4.78, 5) is 10.7. The molecule has 0 bridgehead atoms. The van der Waals surface area contributed by atoms with Gasteiger partial charge in [0.1, 0.15) is 34.3 Å². The molecular weight excluding hydrogens is 771 g/mol. The number of benzene rings is 9. The maximum Gasteiger partial charge on any atom is 0.170 e. The number of hydrogen-bond acceptors (Lipinski definition) is 5. The van der Waals surface area contributed by atoms with Crippen LogP contribution in [0.25, 0.3) is 55.3 Å². The Hall–Kier alpha value is -8.28. The molecule has 10 aromatic rings. The van der Waals surface area contributed by atoms with E-state index >= 15 is 0 Å². The van der Waals surface area contributed by atoms with Gasteiger partial charge in [-0.2, -0.15) is 0 Å². The van der Waals surface area contributed by atoms with Crippen LogP contribution in [-0.2, 0) is 5.41 Å². The van der Waals surface area contributed by atoms with Crippen LogP contribution in [0.15, 0.2) is 227 Å². The van der Waals surface area contributed by atoms with Gasteiger partial charge >= 0.3 is 0 Å². The number of furan rings is 1. The minimum absolute atomic E-state index is 0.519. The Morgan fingerprint density at radius 3 is 1.73 bits per heavy atom. The number of fused-ring (bicyclic) bond motifs is 12. The molecule has 1 unspecified atom stereocenters. The lowest BCUT2D eigenvalue weighted by molar-refractivity contribution is 0.436. The minimum Gasteiger partial charge on any atom is -0.457 e. The van der Waals surface area contributed by atoms with E-state index in [0.29, 0.717) is 0 Å². The first kappa shape index (κ1) is 35.5. The van der Waals surface area contributed by atoms with Crippen LogP contribution in [0, 0.1) is 0 Å². The molecule has 0 amide bonds. The number of ether oxygens (including phenoxy) is 1. The van der Waals surface area contributed by atoms with Crippen molar-refractivity contribution in [1.29, 1.82) is 0 Å². The minimum atomic E-state index is -0.521. The molecule has 5 heteroatoms. The molecule has 3 aliphatic rings. The van der Waals surface area contributed by atoms with Crippen LogP contribution in [0.1, 0.15) is 45.1 Å². The van der Waals surface area contributed by atoms with Gasteiger partial charge in [0.05, 0.1) is 5.41 Å². The smallest absolute Gasteiger partial charge is 0.170 e. The van der Waals surface area contributed by atoms with E-state index in [1.54, 1.807) is 0 Å². The highest BCUT2D eigenvalue weighted by atomic mass is 16.5. The van der Waals surface area contributed by atoms with Gasteiger partial charge in [-0.3, -0.25) is 0 Å². The Morgan fingerprint density at radius 2 is 0.952 bits per heavy atom. The standard InChI is InChI=1S/C58H37N3O2/c1-2-15-37(16-3-1)55-59-56(38-31-29-36(30-32-38)41-22-14-23-45-44-20-8-12-27-51(44)63-54(41)45)61-57(60-55)46-21-5-4-17-40(46)39-33-34-50-53(35-39)62-52-28-13-11-26-49(52)58(50)47-24-9-6-18-42(47)43-19-7-10-25-48(43)58/h1-35,57H,(H,59,60,61). The Balaban J connectivity index is 0.922. The Labute approximate surface area is 364 Å². The molecule has 1 spiro atoms. The van der Waals surface area contributed by atoms with Crippen LogP contribution >= 0.6 is 0 Å². The summed E-state index contributed by atoms with van der Waals surface area (Å²) in [7, 11) is 0. The molecule has 1 aliphatic carbocycles. The normalized spacial score (nSPS) is 15.4. The van der Waals surface area contributed by atoms with Crippen molar-refractivity contribution in [2.45, 2.75) is 11.6 Å². The largest absolute Gasteiger partial charge is 0.457 e. The lowest BCUT2D eigenvalue weighted by Gasteiger charge is -2.39. The summed E-state index contributed by atoms with van der Waals surface area (Å²) < 4.78 is 13.3. The molecule has 296 valence electrons. The monoisotopic (exact) mass is 807 g/mol. The molecular formula is C58H37N3O2. The second-order valence-electron chi connectivity index (χ2n) is 16.4. The summed E-state index contributed by atoms with van der Waals surface area (Å²) in [6.07, 6.45) is -0.519. The maximum atomic E-state index is 6.90. The van der Waals surface area contributed by atoms with E-state index in [9.17, 15) is 0 Å². The number of rotatable bonds is 5. The fourth-order valence-electron chi connectivity index (χ4n) is 10.3. The third kappa shape index (κ3) is 5.36. The van der Waals surface area contributed by atoms with Crippen molar-refractivity contribution in [3.05, 3.63) is 251 Å². The summed E-state index contributed by atoms with van der Waals surface area (Å²) in [6, 6.07) is 74.8. The highest BCUT2D eigenvalue weighted by Gasteiger charge is 2.51. The van der Waals surface area contributed by atoms with E-state index in [1.807, 2.05) is 30.3 Å². The van der Waals surface area contributed by atoms with Gasteiger partial charge in [0.25, 0.3) is 0 Å². The van der Waals surface area contributed by atoms with Gasteiger partial charge in [-0.05, 0) is 57.1 Å². The summed E-state index contributed by atoms with van der Waals surface area (Å²) in [6.45, 7) is 0. The molecule has 1 atom stereocenters. The molecule has 1 N–H and O–H groups in total. The summed E-state index contributed by atoms with van der Waals surface area (Å²) in [5.74, 6) is 3.23. The van der Waals surface area contributed by atoms with E-state index in [-0.39, 0.29) is 0 Å². The second kappa shape index (κ2) is 13.9. The van der Waals surface area contributed by atoms with Crippen molar-refractivity contribution in [3.63, 3.8) is 0 Å². The average molecular weight is 808 g/mol. The quantitative estimate of drug-likeness (QED) is 0.188. The molecule has 2 aliphatic heterocycles. The Kier molecular flexibility index (Phi) is 7.81. The zero-order chi connectivity index (χ0) is 41.5. The SMILES string of the molecule is c1ccc(C2=NC(c3ccccc3-c3ccc4c(c3)Oc3ccccc3C43c4ccccc4-c4ccccc43)N=C(c3ccc(-c4cccc5c4oc4ccccc45)cc3)N2)cc1. The first-order chi connectivity index (χ1) is 31.2. The number of para-hydroxylation sites is 3. The number of amidine groups is 2. The summed E-state index contributed by atoms with van der Waals surface area (Å²) >= 11 is 0. The molecule has 9 aromatic carbocycles. The summed E-state index contributed by atoms with van der Waals surface area (Å²) in [5, 5.41) is 5.84. The molecule has 1 aromatic heterocycles. The van der Waals surface area contributed by atoms with Crippen molar-refractivity contribution >= 4 is 33.6 Å². The Morgan fingerprint density at radius 1 is 0.397 bits per heavy atom. The summed E-state index contributed by atoms with van der Waals surface area (Å²) in [5.41, 5.74) is 15.8. The topological polar surface area (TPSA) is 59.1 Å². The van der Waals surface area contributed by atoms with Gasteiger partial charge in [0.2, 0.25) is 0 Å². The van der Waals surface area contributed by atoms with Crippen molar-refractivity contribution in [2.24, 2.45) is 9.98 Å². The molecule has 5 nitrogen and oxygen atoms in total. The lowest BCUT2D eigenvalue weighted by Crippen LogP contribution is -2.36. The predicted molar refractivity (Wildman–Crippen MR) is 254 cm³/mol. The molecule has 3 heterocycles. The molecule has 0 fully saturated rings. The van der Waals surface area contributed by atoms with E-state index in [4.69, 9.17) is 19.1 Å². The van der Waals surface area contributed by atoms with Crippen molar-refractivity contribution in [2.75, 3.05) is 0 Å². The maximum absolute atomic E-state index is 6.90. The first-order valence-electron chi connectivity index (χ1n) is 21.4. The zero-order valence-corrected chi connectivity index (χ0v) is 34.0. The van der Waals surface area contributed by atoms with Crippen LogP contribution in [-0.4, -0.2) is 11.7 Å². The van der Waals surface area contributed by atoms with Gasteiger partial charge in [-0.1, -0.05) is 194 Å². The van der Waals surface area contributed by atoms with Crippen LogP contribution in [0.4, 0.5) is 0 Å². The zero-order valence-electron chi connectivity index (χ0n) is 34.0. The van der Waals surface area contributed by atoms with E-state index in [0.717, 1.165) is 95.2 Å². The van der Waals surface area contributed by atoms with Gasteiger partial charge in [0, 0.05) is 44.2 Å². The van der Waals surface area contributed by atoms with Gasteiger partial charge < -0.3 is 14.5 Å². The predicted octanol–water partition coefficient (Wildman–Crippen LogP) is 13.9. The highest BCUT2D eigenvalue weighted by Crippen LogP contribution is 2.62. The van der Waals surface area contributed by atoms with Gasteiger partial charge in [-0.25, -0.2) is 9.98 Å². The van der Waals surface area contributed by atoms with Crippen LogP contribution < -0.4 is 10.1 Å². The van der Waals surface area contributed by atoms with Crippen LogP contribution in [0.2, 0.25) is 0 Å². The van der Waals surface area contributed by atoms with Gasteiger partial charge in [-0.15, -0.1) is 0 Å². The number of aliphatic imine (C=N–C) groups is 2. The fourth-order valence-corrected chi connectivity index (χ4v) is 10.3. The molecule has 63 heavy (non-hydrogen) atoms. The molecule has 13 rings (SSSR count). The van der Waals surface area contributed by atoms with Crippen molar-refractivity contribution in [1.82, 2.24) is 5.32 Å². The van der Waals surface area contributed by atoms with Crippen molar-refractivity contribution in [3.8, 4) is 44.9 Å². The molecule has 0 saturated carbocycles. The molecule has 0 radical (unpaired) electrons. The van der Waals surface area contributed by atoms with Crippen LogP contribution in [0.5, 0.6) is 11.5 Å².